The van der Waals surface area contributed by atoms with Gasteiger partial charge in [-0.2, -0.15) is 0 Å². The maximum atomic E-state index is 11.5. The lowest BCUT2D eigenvalue weighted by atomic mass is 10.2. The normalized spacial score (nSPS) is 11.0. The molecular formula is C19H12N4O7. The molecule has 0 heterocycles. The first-order chi connectivity index (χ1) is 14.4. The van der Waals surface area contributed by atoms with Crippen LogP contribution in [-0.4, -0.2) is 20.7 Å². The van der Waals surface area contributed by atoms with E-state index in [-0.39, 0.29) is 5.90 Å². The van der Waals surface area contributed by atoms with Gasteiger partial charge in [-0.3, -0.25) is 30.3 Å². The highest BCUT2D eigenvalue weighted by Gasteiger charge is 2.33. The Morgan fingerprint density at radius 3 is 1.70 bits per heavy atom. The molecule has 0 aliphatic rings. The molecule has 0 saturated carbocycles. The van der Waals surface area contributed by atoms with E-state index in [4.69, 9.17) is 4.74 Å². The van der Waals surface area contributed by atoms with Crippen LogP contribution in [0.4, 0.5) is 22.7 Å². The van der Waals surface area contributed by atoms with Crippen LogP contribution < -0.4 is 4.74 Å². The van der Waals surface area contributed by atoms with E-state index >= 15 is 0 Å². The summed E-state index contributed by atoms with van der Waals surface area (Å²) in [6.45, 7) is 0. The number of hydrogen-bond acceptors (Lipinski definition) is 8. The van der Waals surface area contributed by atoms with E-state index in [2.05, 4.69) is 4.99 Å². The molecule has 0 spiro atoms. The van der Waals surface area contributed by atoms with Crippen LogP contribution in [0.15, 0.2) is 77.8 Å². The van der Waals surface area contributed by atoms with Crippen molar-refractivity contribution in [3.05, 3.63) is 109 Å². The molecule has 30 heavy (non-hydrogen) atoms. The molecule has 11 nitrogen and oxygen atoms in total. The Kier molecular flexibility index (Phi) is 5.73. The molecule has 0 radical (unpaired) electrons. The zero-order valence-corrected chi connectivity index (χ0v) is 15.1. The standard InChI is InChI=1S/C19H12N4O7/c24-21(25)15-11-16(22(26)27)18(17(12-15)23(28)29)30-19(13-7-3-1-4-8-13)20-14-9-5-2-6-10-14/h1-12H. The quantitative estimate of drug-likeness (QED) is 0.251. The van der Waals surface area contributed by atoms with Crippen LogP contribution >= 0.6 is 0 Å². The zero-order valence-electron chi connectivity index (χ0n) is 15.1. The van der Waals surface area contributed by atoms with E-state index in [9.17, 15) is 30.3 Å². The third-order valence-electron chi connectivity index (χ3n) is 3.85. The Morgan fingerprint density at radius 1 is 0.733 bits per heavy atom. The minimum Gasteiger partial charge on any atom is -0.424 e. The Labute approximate surface area is 168 Å². The summed E-state index contributed by atoms with van der Waals surface area (Å²) in [6.07, 6.45) is 0. The molecule has 3 rings (SSSR count). The molecule has 0 atom stereocenters. The number of ether oxygens (including phenoxy) is 1. The fourth-order valence-corrected chi connectivity index (χ4v) is 2.51. The average Bonchev–Trinajstić information content (AvgIpc) is 2.74. The Balaban J connectivity index is 2.21. The van der Waals surface area contributed by atoms with Crippen LogP contribution in [0.5, 0.6) is 5.75 Å². The highest BCUT2D eigenvalue weighted by molar-refractivity contribution is 5.98. The van der Waals surface area contributed by atoms with Crippen molar-refractivity contribution in [1.29, 1.82) is 0 Å². The number of nitro benzene ring substituents is 3. The number of aliphatic imine (C=N–C) groups is 1. The molecule has 0 fully saturated rings. The van der Waals surface area contributed by atoms with Gasteiger partial charge in [0, 0.05) is 5.56 Å². The molecule has 150 valence electrons. The third-order valence-corrected chi connectivity index (χ3v) is 3.85. The monoisotopic (exact) mass is 408 g/mol. The van der Waals surface area contributed by atoms with Gasteiger partial charge >= 0.3 is 11.4 Å². The Bertz CT molecular complexity index is 1110. The smallest absolute Gasteiger partial charge is 0.325 e. The van der Waals surface area contributed by atoms with Crippen LogP contribution in [0.25, 0.3) is 0 Å². The van der Waals surface area contributed by atoms with E-state index in [0.29, 0.717) is 23.4 Å². The molecule has 0 aliphatic heterocycles. The van der Waals surface area contributed by atoms with Crippen molar-refractivity contribution in [1.82, 2.24) is 0 Å². The van der Waals surface area contributed by atoms with Crippen LogP contribution in [0.1, 0.15) is 5.56 Å². The van der Waals surface area contributed by atoms with Crippen LogP contribution in [0.2, 0.25) is 0 Å². The maximum Gasteiger partial charge on any atom is 0.325 e. The predicted molar refractivity (Wildman–Crippen MR) is 106 cm³/mol. The van der Waals surface area contributed by atoms with Crippen molar-refractivity contribution in [3.63, 3.8) is 0 Å². The summed E-state index contributed by atoms with van der Waals surface area (Å²) in [5, 5.41) is 34.0. The fraction of sp³-hybridized carbons (Fsp3) is 0. The average molecular weight is 408 g/mol. The largest absolute Gasteiger partial charge is 0.424 e. The number of rotatable bonds is 6. The second kappa shape index (κ2) is 8.56. The van der Waals surface area contributed by atoms with Gasteiger partial charge in [0.25, 0.3) is 11.4 Å². The summed E-state index contributed by atoms with van der Waals surface area (Å²) in [7, 11) is 0. The fourth-order valence-electron chi connectivity index (χ4n) is 2.51. The van der Waals surface area contributed by atoms with E-state index in [1.54, 1.807) is 60.7 Å². The summed E-state index contributed by atoms with van der Waals surface area (Å²) in [5.74, 6) is -0.906. The highest BCUT2D eigenvalue weighted by Crippen LogP contribution is 2.41. The van der Waals surface area contributed by atoms with E-state index in [1.807, 2.05) is 0 Å². The number of non-ortho nitro benzene ring substituents is 1. The first-order valence-corrected chi connectivity index (χ1v) is 8.35. The molecule has 0 unspecified atom stereocenters. The number of para-hydroxylation sites is 1. The van der Waals surface area contributed by atoms with Crippen molar-refractivity contribution < 1.29 is 19.5 Å². The molecule has 0 aliphatic carbocycles. The van der Waals surface area contributed by atoms with Gasteiger partial charge in [-0.1, -0.05) is 36.4 Å². The van der Waals surface area contributed by atoms with Gasteiger partial charge in [-0.05, 0) is 24.3 Å². The molecule has 0 saturated heterocycles. The predicted octanol–water partition coefficient (Wildman–Crippen LogP) is 4.57. The van der Waals surface area contributed by atoms with Crippen LogP contribution in [0, 0.1) is 30.3 Å². The molecule has 0 bridgehead atoms. The van der Waals surface area contributed by atoms with Crippen molar-refractivity contribution in [3.8, 4) is 5.75 Å². The van der Waals surface area contributed by atoms with Crippen molar-refractivity contribution in [2.45, 2.75) is 0 Å². The van der Waals surface area contributed by atoms with E-state index in [0.717, 1.165) is 0 Å². The number of nitro groups is 3. The molecule has 0 aromatic heterocycles. The second-order valence-corrected chi connectivity index (χ2v) is 5.81. The van der Waals surface area contributed by atoms with Gasteiger partial charge in [-0.25, -0.2) is 4.99 Å². The lowest BCUT2D eigenvalue weighted by Gasteiger charge is -2.10. The first-order valence-electron chi connectivity index (χ1n) is 8.35. The molecule has 3 aromatic rings. The van der Waals surface area contributed by atoms with Crippen LogP contribution in [-0.2, 0) is 0 Å². The third kappa shape index (κ3) is 4.42. The second-order valence-electron chi connectivity index (χ2n) is 5.81. The minimum atomic E-state index is -0.986. The van der Waals surface area contributed by atoms with Crippen molar-refractivity contribution >= 4 is 28.6 Å². The lowest BCUT2D eigenvalue weighted by molar-refractivity contribution is -0.404. The SMILES string of the molecule is O=[N+]([O-])c1cc([N+](=O)[O-])c(OC(=Nc2ccccc2)c2ccccc2)c([N+](=O)[O-])c1. The van der Waals surface area contributed by atoms with Gasteiger partial charge in [0.1, 0.15) is 0 Å². The number of hydrogen-bond donors (Lipinski definition) is 0. The minimum absolute atomic E-state index is 0.151. The van der Waals surface area contributed by atoms with E-state index in [1.165, 1.54) is 0 Å². The topological polar surface area (TPSA) is 151 Å². The van der Waals surface area contributed by atoms with Crippen LogP contribution in [0.3, 0.4) is 0 Å². The van der Waals surface area contributed by atoms with Gasteiger partial charge in [0.15, 0.2) is 0 Å². The Hall–Kier alpha value is -4.67. The highest BCUT2D eigenvalue weighted by atomic mass is 16.6. The zero-order chi connectivity index (χ0) is 21.7. The Morgan fingerprint density at radius 2 is 1.23 bits per heavy atom. The molecular weight excluding hydrogens is 396 g/mol. The van der Waals surface area contributed by atoms with E-state index < -0.39 is 37.6 Å². The van der Waals surface area contributed by atoms with Crippen molar-refractivity contribution in [2.75, 3.05) is 0 Å². The molecule has 11 heteroatoms. The lowest BCUT2D eigenvalue weighted by Crippen LogP contribution is -2.13. The van der Waals surface area contributed by atoms with Crippen molar-refractivity contribution in [2.24, 2.45) is 4.99 Å². The summed E-state index contributed by atoms with van der Waals surface area (Å²) in [6, 6.07) is 17.9. The summed E-state index contributed by atoms with van der Waals surface area (Å²) in [5.41, 5.74) is -1.82. The number of benzene rings is 3. The van der Waals surface area contributed by atoms with Gasteiger partial charge < -0.3 is 4.74 Å². The molecule has 0 amide bonds. The summed E-state index contributed by atoms with van der Waals surface area (Å²) < 4.78 is 5.57. The number of nitrogens with zero attached hydrogens (tertiary/aromatic N) is 4. The summed E-state index contributed by atoms with van der Waals surface area (Å²) >= 11 is 0. The first kappa shape index (κ1) is 20.1. The summed E-state index contributed by atoms with van der Waals surface area (Å²) in [4.78, 5) is 35.4. The van der Waals surface area contributed by atoms with Gasteiger partial charge in [0.2, 0.25) is 5.90 Å². The van der Waals surface area contributed by atoms with Gasteiger partial charge in [0.05, 0.1) is 32.6 Å². The molecule has 3 aromatic carbocycles. The maximum absolute atomic E-state index is 11.5. The molecule has 0 N–H and O–H groups in total. The van der Waals surface area contributed by atoms with Gasteiger partial charge in [-0.15, -0.1) is 0 Å².